The van der Waals surface area contributed by atoms with Crippen LogP contribution in [0.25, 0.3) is 0 Å². The Hall–Kier alpha value is -1.88. The second kappa shape index (κ2) is 9.94. The van der Waals surface area contributed by atoms with E-state index in [1.54, 1.807) is 24.3 Å². The number of Topliss-reactive ketones (excluding diaryl/α,β-unsaturated/α-hetero) is 1. The summed E-state index contributed by atoms with van der Waals surface area (Å²) in [6.07, 6.45) is 2.07. The van der Waals surface area contributed by atoms with Crippen LogP contribution < -0.4 is 4.74 Å². The molecule has 0 aromatic heterocycles. The molecule has 0 amide bonds. The van der Waals surface area contributed by atoms with Gasteiger partial charge < -0.3 is 14.2 Å². The van der Waals surface area contributed by atoms with Crippen LogP contribution in [0.2, 0.25) is 0 Å². The number of ketones is 1. The van der Waals surface area contributed by atoms with Crippen molar-refractivity contribution < 1.29 is 23.8 Å². The van der Waals surface area contributed by atoms with Crippen LogP contribution >= 0.6 is 0 Å². The lowest BCUT2D eigenvalue weighted by Gasteiger charge is -2.09. The van der Waals surface area contributed by atoms with Crippen molar-refractivity contribution >= 4 is 11.8 Å². The van der Waals surface area contributed by atoms with Crippen LogP contribution in [0.3, 0.4) is 0 Å². The number of hydrogen-bond donors (Lipinski definition) is 0. The van der Waals surface area contributed by atoms with E-state index in [2.05, 4.69) is 6.92 Å². The number of rotatable bonds is 10. The average Bonchev–Trinajstić information content (AvgIpc) is 2.49. The smallest absolute Gasteiger partial charge is 0.344 e. The molecule has 0 aliphatic carbocycles. The fourth-order valence-corrected chi connectivity index (χ4v) is 1.62. The van der Waals surface area contributed by atoms with Gasteiger partial charge in [0.25, 0.3) is 0 Å². The molecule has 0 heterocycles. The molecule has 1 aromatic rings. The Labute approximate surface area is 125 Å². The third-order valence-electron chi connectivity index (χ3n) is 2.74. The molecular formula is C16H22O5. The van der Waals surface area contributed by atoms with Crippen LogP contribution in [0.15, 0.2) is 24.3 Å². The molecule has 0 bridgehead atoms. The molecule has 0 saturated heterocycles. The summed E-state index contributed by atoms with van der Waals surface area (Å²) in [6, 6.07) is 6.80. The van der Waals surface area contributed by atoms with E-state index >= 15 is 0 Å². The van der Waals surface area contributed by atoms with Gasteiger partial charge in [0.05, 0.1) is 12.2 Å². The first kappa shape index (κ1) is 17.2. The molecule has 0 aliphatic heterocycles. The lowest BCUT2D eigenvalue weighted by Crippen LogP contribution is -2.18. The highest BCUT2D eigenvalue weighted by Gasteiger charge is 2.10. The number of esters is 1. The van der Waals surface area contributed by atoms with Crippen LogP contribution in [0.1, 0.15) is 37.0 Å². The normalized spacial score (nSPS) is 10.2. The molecule has 0 spiro atoms. The summed E-state index contributed by atoms with van der Waals surface area (Å²) in [5, 5.41) is 0. The molecule has 1 aromatic carbocycles. The van der Waals surface area contributed by atoms with Crippen molar-refractivity contribution in [2.45, 2.75) is 26.7 Å². The fourth-order valence-electron chi connectivity index (χ4n) is 1.62. The Morgan fingerprint density at radius 2 is 1.86 bits per heavy atom. The van der Waals surface area contributed by atoms with E-state index in [-0.39, 0.29) is 19.0 Å². The number of hydrogen-bond acceptors (Lipinski definition) is 5. The van der Waals surface area contributed by atoms with E-state index < -0.39 is 5.97 Å². The molecule has 0 saturated carbocycles. The topological polar surface area (TPSA) is 61.8 Å². The van der Waals surface area contributed by atoms with Gasteiger partial charge in [0.15, 0.2) is 12.4 Å². The highest BCUT2D eigenvalue weighted by Crippen LogP contribution is 2.18. The van der Waals surface area contributed by atoms with Crippen LogP contribution in [0.4, 0.5) is 0 Å². The lowest BCUT2D eigenvalue weighted by atomic mass is 10.1. The summed E-state index contributed by atoms with van der Waals surface area (Å²) in [5.41, 5.74) is 0.452. The van der Waals surface area contributed by atoms with Gasteiger partial charge in [0.1, 0.15) is 12.4 Å². The molecule has 1 rings (SSSR count). The van der Waals surface area contributed by atoms with Gasteiger partial charge in [-0.2, -0.15) is 0 Å². The first-order valence-corrected chi connectivity index (χ1v) is 7.11. The Balaban J connectivity index is 2.26. The standard InChI is InChI=1S/C16H22O5/c1-3-4-9-19-10-11-20-16(18)12-21-15-8-6-5-7-14(15)13(2)17/h5-8H,3-4,9-12H2,1-2H3. The maximum Gasteiger partial charge on any atom is 0.344 e. The minimum Gasteiger partial charge on any atom is -0.481 e. The molecule has 0 aliphatic rings. The summed E-state index contributed by atoms with van der Waals surface area (Å²) in [7, 11) is 0. The quantitative estimate of drug-likeness (QED) is 0.377. The second-order valence-corrected chi connectivity index (χ2v) is 4.53. The van der Waals surface area contributed by atoms with Crippen LogP contribution in [-0.4, -0.2) is 38.2 Å². The van der Waals surface area contributed by atoms with Crippen molar-refractivity contribution in [3.63, 3.8) is 0 Å². The Morgan fingerprint density at radius 3 is 2.57 bits per heavy atom. The monoisotopic (exact) mass is 294 g/mol. The minimum absolute atomic E-state index is 0.108. The van der Waals surface area contributed by atoms with Crippen LogP contribution in [0, 0.1) is 0 Å². The molecular weight excluding hydrogens is 272 g/mol. The summed E-state index contributed by atoms with van der Waals surface area (Å²) < 4.78 is 15.6. The maximum absolute atomic E-state index is 11.5. The zero-order chi connectivity index (χ0) is 15.5. The van der Waals surface area contributed by atoms with E-state index in [1.165, 1.54) is 6.92 Å². The van der Waals surface area contributed by atoms with E-state index in [0.717, 1.165) is 12.8 Å². The third kappa shape index (κ3) is 6.90. The van der Waals surface area contributed by atoms with E-state index in [4.69, 9.17) is 14.2 Å². The molecule has 5 heteroatoms. The van der Waals surface area contributed by atoms with Crippen molar-refractivity contribution in [3.8, 4) is 5.75 Å². The molecule has 5 nitrogen and oxygen atoms in total. The minimum atomic E-state index is -0.479. The number of benzene rings is 1. The number of carbonyl (C=O) groups excluding carboxylic acids is 2. The van der Waals surface area contributed by atoms with E-state index in [0.29, 0.717) is 24.5 Å². The Kier molecular flexibility index (Phi) is 8.12. The number of carbonyl (C=O) groups is 2. The molecule has 0 fully saturated rings. The van der Waals surface area contributed by atoms with Gasteiger partial charge in [-0.1, -0.05) is 25.5 Å². The van der Waals surface area contributed by atoms with Gasteiger partial charge >= 0.3 is 5.97 Å². The molecule has 0 N–H and O–H groups in total. The van der Waals surface area contributed by atoms with Crippen molar-refractivity contribution in [2.24, 2.45) is 0 Å². The summed E-state index contributed by atoms with van der Waals surface area (Å²) in [5.74, 6) is -0.197. The molecule has 116 valence electrons. The van der Waals surface area contributed by atoms with E-state index in [1.807, 2.05) is 0 Å². The van der Waals surface area contributed by atoms with Crippen LogP contribution in [0.5, 0.6) is 5.75 Å². The molecule has 21 heavy (non-hydrogen) atoms. The van der Waals surface area contributed by atoms with Crippen molar-refractivity contribution in [3.05, 3.63) is 29.8 Å². The van der Waals surface area contributed by atoms with E-state index in [9.17, 15) is 9.59 Å². The zero-order valence-electron chi connectivity index (χ0n) is 12.6. The Bertz CT molecular complexity index is 456. The highest BCUT2D eigenvalue weighted by molar-refractivity contribution is 5.96. The van der Waals surface area contributed by atoms with Gasteiger partial charge in [-0.05, 0) is 25.5 Å². The summed E-state index contributed by atoms with van der Waals surface area (Å²) in [6.45, 7) is 4.58. The summed E-state index contributed by atoms with van der Waals surface area (Å²) in [4.78, 5) is 22.9. The van der Waals surface area contributed by atoms with Crippen molar-refractivity contribution in [1.82, 2.24) is 0 Å². The third-order valence-corrected chi connectivity index (χ3v) is 2.74. The van der Waals surface area contributed by atoms with Crippen molar-refractivity contribution in [1.29, 1.82) is 0 Å². The fraction of sp³-hybridized carbons (Fsp3) is 0.500. The van der Waals surface area contributed by atoms with Gasteiger partial charge in [0.2, 0.25) is 0 Å². The molecule has 0 unspecified atom stereocenters. The molecule has 0 radical (unpaired) electrons. The maximum atomic E-state index is 11.5. The highest BCUT2D eigenvalue weighted by atomic mass is 16.6. The van der Waals surface area contributed by atoms with Gasteiger partial charge in [-0.3, -0.25) is 4.79 Å². The first-order valence-electron chi connectivity index (χ1n) is 7.11. The number of unbranched alkanes of at least 4 members (excludes halogenated alkanes) is 1. The predicted molar refractivity (Wildman–Crippen MR) is 78.6 cm³/mol. The lowest BCUT2D eigenvalue weighted by molar-refractivity contribution is -0.147. The van der Waals surface area contributed by atoms with Gasteiger partial charge in [0, 0.05) is 6.61 Å². The molecule has 0 atom stereocenters. The summed E-state index contributed by atoms with van der Waals surface area (Å²) >= 11 is 0. The van der Waals surface area contributed by atoms with Crippen LogP contribution in [-0.2, 0) is 14.3 Å². The SMILES string of the molecule is CCCCOCCOC(=O)COc1ccccc1C(C)=O. The zero-order valence-corrected chi connectivity index (χ0v) is 12.6. The number of para-hydroxylation sites is 1. The largest absolute Gasteiger partial charge is 0.481 e. The second-order valence-electron chi connectivity index (χ2n) is 4.53. The predicted octanol–water partition coefficient (Wildman–Crippen LogP) is 2.63. The first-order chi connectivity index (χ1) is 10.1. The number of ether oxygens (including phenoxy) is 3. The average molecular weight is 294 g/mol. The van der Waals surface area contributed by atoms with Crippen molar-refractivity contribution in [2.75, 3.05) is 26.4 Å². The Morgan fingerprint density at radius 1 is 1.10 bits per heavy atom. The van der Waals surface area contributed by atoms with Gasteiger partial charge in [-0.15, -0.1) is 0 Å². The van der Waals surface area contributed by atoms with Gasteiger partial charge in [-0.25, -0.2) is 4.79 Å².